The SMILES string of the molecule is NCC1(CNCCC2CCC2)CCCCCC1. The first-order valence-corrected chi connectivity index (χ1v) is 7.75. The highest BCUT2D eigenvalue weighted by Gasteiger charge is 2.29. The van der Waals surface area contributed by atoms with Gasteiger partial charge in [0.2, 0.25) is 0 Å². The van der Waals surface area contributed by atoms with E-state index < -0.39 is 0 Å². The maximum absolute atomic E-state index is 6.05. The summed E-state index contributed by atoms with van der Waals surface area (Å²) in [5.74, 6) is 1.03. The van der Waals surface area contributed by atoms with Crippen molar-refractivity contribution in [3.63, 3.8) is 0 Å². The largest absolute Gasteiger partial charge is 0.330 e. The average Bonchev–Trinajstić information content (AvgIpc) is 2.53. The molecule has 2 aliphatic carbocycles. The minimum Gasteiger partial charge on any atom is -0.330 e. The molecule has 0 aromatic heterocycles. The highest BCUT2D eigenvalue weighted by molar-refractivity contribution is 4.85. The van der Waals surface area contributed by atoms with Gasteiger partial charge in [-0.15, -0.1) is 0 Å². The number of hydrogen-bond donors (Lipinski definition) is 2. The van der Waals surface area contributed by atoms with Gasteiger partial charge in [-0.25, -0.2) is 0 Å². The molecule has 0 aliphatic heterocycles. The smallest absolute Gasteiger partial charge is 0.00199 e. The summed E-state index contributed by atoms with van der Waals surface area (Å²) in [6.45, 7) is 3.26. The van der Waals surface area contributed by atoms with Gasteiger partial charge in [0.15, 0.2) is 0 Å². The summed E-state index contributed by atoms with van der Waals surface area (Å²) in [5.41, 5.74) is 6.47. The molecule has 100 valence electrons. The molecule has 2 rings (SSSR count). The molecule has 0 spiro atoms. The summed E-state index contributed by atoms with van der Waals surface area (Å²) in [6, 6.07) is 0. The van der Waals surface area contributed by atoms with E-state index in [1.165, 1.54) is 70.8 Å². The molecule has 2 fully saturated rings. The molecule has 3 N–H and O–H groups in total. The van der Waals surface area contributed by atoms with Crippen molar-refractivity contribution in [2.45, 2.75) is 64.2 Å². The van der Waals surface area contributed by atoms with Crippen LogP contribution in [0.4, 0.5) is 0 Å². The third-order valence-corrected chi connectivity index (χ3v) is 5.05. The normalized spacial score (nSPS) is 25.2. The number of nitrogens with two attached hydrogens (primary N) is 1. The molecule has 0 amide bonds. The van der Waals surface area contributed by atoms with E-state index in [0.29, 0.717) is 5.41 Å². The van der Waals surface area contributed by atoms with Gasteiger partial charge >= 0.3 is 0 Å². The van der Waals surface area contributed by atoms with Crippen molar-refractivity contribution in [2.24, 2.45) is 17.1 Å². The number of rotatable bonds is 6. The first kappa shape index (κ1) is 13.4. The van der Waals surface area contributed by atoms with Crippen molar-refractivity contribution in [3.8, 4) is 0 Å². The van der Waals surface area contributed by atoms with E-state index in [4.69, 9.17) is 5.73 Å². The lowest BCUT2D eigenvalue weighted by atomic mass is 9.80. The molecule has 2 saturated carbocycles. The minimum atomic E-state index is 0.427. The third-order valence-electron chi connectivity index (χ3n) is 5.05. The lowest BCUT2D eigenvalue weighted by molar-refractivity contribution is 0.232. The zero-order valence-electron chi connectivity index (χ0n) is 11.3. The molecule has 2 heteroatoms. The Morgan fingerprint density at radius 1 is 1.00 bits per heavy atom. The van der Waals surface area contributed by atoms with Crippen molar-refractivity contribution in [2.75, 3.05) is 19.6 Å². The molecule has 2 aliphatic rings. The van der Waals surface area contributed by atoms with Crippen LogP contribution in [0.1, 0.15) is 64.2 Å². The van der Waals surface area contributed by atoms with Crippen LogP contribution in [0.25, 0.3) is 0 Å². The molecule has 17 heavy (non-hydrogen) atoms. The predicted molar refractivity (Wildman–Crippen MR) is 74.0 cm³/mol. The van der Waals surface area contributed by atoms with Crippen LogP contribution in [0.5, 0.6) is 0 Å². The van der Waals surface area contributed by atoms with Gasteiger partial charge in [-0.2, -0.15) is 0 Å². The molecule has 0 heterocycles. The fraction of sp³-hybridized carbons (Fsp3) is 1.00. The summed E-state index contributed by atoms with van der Waals surface area (Å²) >= 11 is 0. The molecule has 0 aromatic carbocycles. The van der Waals surface area contributed by atoms with Crippen molar-refractivity contribution in [3.05, 3.63) is 0 Å². The maximum Gasteiger partial charge on any atom is 0.00199 e. The summed E-state index contributed by atoms with van der Waals surface area (Å²) in [7, 11) is 0. The Labute approximate surface area is 107 Å². The highest BCUT2D eigenvalue weighted by atomic mass is 14.9. The second-order valence-corrected chi connectivity index (χ2v) is 6.38. The van der Waals surface area contributed by atoms with Crippen molar-refractivity contribution >= 4 is 0 Å². The maximum atomic E-state index is 6.05. The molecule has 0 unspecified atom stereocenters. The van der Waals surface area contributed by atoms with Gasteiger partial charge in [0, 0.05) is 6.54 Å². The zero-order chi connectivity index (χ0) is 12.0. The van der Waals surface area contributed by atoms with E-state index in [1.54, 1.807) is 0 Å². The zero-order valence-corrected chi connectivity index (χ0v) is 11.3. The van der Waals surface area contributed by atoms with Gasteiger partial charge < -0.3 is 11.1 Å². The van der Waals surface area contributed by atoms with Crippen LogP contribution in [-0.4, -0.2) is 19.6 Å². The lowest BCUT2D eigenvalue weighted by Crippen LogP contribution is -2.40. The highest BCUT2D eigenvalue weighted by Crippen LogP contribution is 2.33. The van der Waals surface area contributed by atoms with Crippen molar-refractivity contribution < 1.29 is 0 Å². The lowest BCUT2D eigenvalue weighted by Gasteiger charge is -2.32. The Hall–Kier alpha value is -0.0800. The molecule has 0 aromatic rings. The summed E-state index contributed by atoms with van der Waals surface area (Å²) in [4.78, 5) is 0. The van der Waals surface area contributed by atoms with Gasteiger partial charge in [0.1, 0.15) is 0 Å². The standard InChI is InChI=1S/C15H30N2/c16-12-15(9-3-1-2-4-10-15)13-17-11-8-14-6-5-7-14/h14,17H,1-13,16H2. The fourth-order valence-electron chi connectivity index (χ4n) is 3.37. The molecule has 2 nitrogen and oxygen atoms in total. The molecular formula is C15H30N2. The number of hydrogen-bond acceptors (Lipinski definition) is 2. The second-order valence-electron chi connectivity index (χ2n) is 6.38. The Morgan fingerprint density at radius 3 is 2.24 bits per heavy atom. The topological polar surface area (TPSA) is 38.0 Å². The molecule has 0 bridgehead atoms. The van der Waals surface area contributed by atoms with Gasteiger partial charge in [-0.1, -0.05) is 44.9 Å². The average molecular weight is 238 g/mol. The minimum absolute atomic E-state index is 0.427. The van der Waals surface area contributed by atoms with Gasteiger partial charge in [0.05, 0.1) is 0 Å². The van der Waals surface area contributed by atoms with Crippen molar-refractivity contribution in [1.82, 2.24) is 5.32 Å². The Morgan fingerprint density at radius 2 is 1.71 bits per heavy atom. The van der Waals surface area contributed by atoms with Crippen LogP contribution in [0.3, 0.4) is 0 Å². The van der Waals surface area contributed by atoms with E-state index in [1.807, 2.05) is 0 Å². The summed E-state index contributed by atoms with van der Waals surface area (Å²) in [6.07, 6.45) is 14.1. The van der Waals surface area contributed by atoms with E-state index >= 15 is 0 Å². The quantitative estimate of drug-likeness (QED) is 0.551. The first-order chi connectivity index (χ1) is 8.35. The van der Waals surface area contributed by atoms with Crippen LogP contribution >= 0.6 is 0 Å². The molecular weight excluding hydrogens is 208 g/mol. The van der Waals surface area contributed by atoms with Gasteiger partial charge in [-0.05, 0) is 43.7 Å². The van der Waals surface area contributed by atoms with Crippen LogP contribution in [0.2, 0.25) is 0 Å². The van der Waals surface area contributed by atoms with E-state index in [2.05, 4.69) is 5.32 Å². The van der Waals surface area contributed by atoms with Crippen LogP contribution in [0, 0.1) is 11.3 Å². The first-order valence-electron chi connectivity index (χ1n) is 7.75. The van der Waals surface area contributed by atoms with Gasteiger partial charge in [-0.3, -0.25) is 0 Å². The Balaban J connectivity index is 1.65. The van der Waals surface area contributed by atoms with Gasteiger partial charge in [0.25, 0.3) is 0 Å². The van der Waals surface area contributed by atoms with Crippen LogP contribution in [-0.2, 0) is 0 Å². The van der Waals surface area contributed by atoms with Crippen LogP contribution in [0.15, 0.2) is 0 Å². The fourth-order valence-corrected chi connectivity index (χ4v) is 3.37. The Kier molecular flexibility index (Phi) is 5.30. The molecule has 0 atom stereocenters. The number of nitrogens with one attached hydrogen (secondary N) is 1. The monoisotopic (exact) mass is 238 g/mol. The van der Waals surface area contributed by atoms with E-state index in [-0.39, 0.29) is 0 Å². The van der Waals surface area contributed by atoms with E-state index in [0.717, 1.165) is 19.0 Å². The second kappa shape index (κ2) is 6.75. The molecule has 0 radical (unpaired) electrons. The predicted octanol–water partition coefficient (Wildman–Crippen LogP) is 3.07. The third kappa shape index (κ3) is 3.96. The van der Waals surface area contributed by atoms with Crippen LogP contribution < -0.4 is 11.1 Å². The summed E-state index contributed by atoms with van der Waals surface area (Å²) < 4.78 is 0. The van der Waals surface area contributed by atoms with E-state index in [9.17, 15) is 0 Å². The summed E-state index contributed by atoms with van der Waals surface area (Å²) in [5, 5.41) is 3.69. The van der Waals surface area contributed by atoms with Crippen molar-refractivity contribution in [1.29, 1.82) is 0 Å². The molecule has 0 saturated heterocycles. The Bertz CT molecular complexity index is 203.